The lowest BCUT2D eigenvalue weighted by Gasteiger charge is -2.25. The average molecular weight is 192 g/mol. The van der Waals surface area contributed by atoms with E-state index in [4.69, 9.17) is 4.74 Å². The molecule has 0 bridgehead atoms. The fourth-order valence-electron chi connectivity index (χ4n) is 1.38. The Labute approximate surface area is 82.5 Å². The van der Waals surface area contributed by atoms with E-state index in [0.717, 1.165) is 5.56 Å². The number of amides is 1. The van der Waals surface area contributed by atoms with Crippen LogP contribution >= 0.6 is 0 Å². The van der Waals surface area contributed by atoms with Crippen molar-refractivity contribution in [3.63, 3.8) is 0 Å². The largest absolute Gasteiger partial charge is 0.370 e. The molecule has 4 nitrogen and oxygen atoms in total. The number of nitrogens with zero attached hydrogens (tertiary/aromatic N) is 2. The maximum absolute atomic E-state index is 11.4. The molecule has 0 unspecified atom stereocenters. The first-order chi connectivity index (χ1) is 6.77. The van der Waals surface area contributed by atoms with Crippen LogP contribution in [0.1, 0.15) is 5.56 Å². The summed E-state index contributed by atoms with van der Waals surface area (Å²) in [6.07, 6.45) is 1.76. The number of rotatable bonds is 1. The van der Waals surface area contributed by atoms with E-state index >= 15 is 0 Å². The van der Waals surface area contributed by atoms with Gasteiger partial charge in [-0.3, -0.25) is 9.69 Å². The predicted molar refractivity (Wildman–Crippen MR) is 52.1 cm³/mol. The Morgan fingerprint density at radius 2 is 2.36 bits per heavy atom. The molecule has 4 heteroatoms. The molecule has 1 saturated heterocycles. The predicted octanol–water partition coefficient (Wildman–Crippen LogP) is 0.753. The molecule has 1 aromatic heterocycles. The van der Waals surface area contributed by atoms with E-state index in [1.165, 1.54) is 0 Å². The van der Waals surface area contributed by atoms with Crippen LogP contribution in [-0.2, 0) is 9.53 Å². The minimum Gasteiger partial charge on any atom is -0.370 e. The number of pyridine rings is 1. The van der Waals surface area contributed by atoms with Crippen LogP contribution in [0.3, 0.4) is 0 Å². The molecule has 74 valence electrons. The summed E-state index contributed by atoms with van der Waals surface area (Å²) >= 11 is 0. The maximum Gasteiger partial charge on any atom is 0.254 e. The van der Waals surface area contributed by atoms with E-state index in [1.807, 2.05) is 19.1 Å². The van der Waals surface area contributed by atoms with Crippen LogP contribution in [0.4, 0.5) is 5.82 Å². The minimum atomic E-state index is -0.0207. The Balaban J connectivity index is 2.20. The zero-order valence-corrected chi connectivity index (χ0v) is 8.06. The topological polar surface area (TPSA) is 42.4 Å². The van der Waals surface area contributed by atoms with Crippen molar-refractivity contribution in [3.05, 3.63) is 23.9 Å². The van der Waals surface area contributed by atoms with Crippen molar-refractivity contribution in [3.8, 4) is 0 Å². The monoisotopic (exact) mass is 192 g/mol. The van der Waals surface area contributed by atoms with E-state index in [2.05, 4.69) is 4.98 Å². The van der Waals surface area contributed by atoms with Crippen molar-refractivity contribution < 1.29 is 9.53 Å². The van der Waals surface area contributed by atoms with Gasteiger partial charge in [0.1, 0.15) is 12.4 Å². The molecule has 0 aliphatic carbocycles. The summed E-state index contributed by atoms with van der Waals surface area (Å²) in [5.41, 5.74) is 1.09. The molecule has 1 amide bonds. The highest BCUT2D eigenvalue weighted by molar-refractivity contribution is 5.93. The SMILES string of the molecule is Cc1ccc(N2CCOCC2=O)nc1. The second-order valence-corrected chi connectivity index (χ2v) is 3.29. The van der Waals surface area contributed by atoms with Gasteiger partial charge in [0.25, 0.3) is 5.91 Å². The summed E-state index contributed by atoms with van der Waals surface area (Å²) in [6, 6.07) is 3.81. The molecule has 0 aromatic carbocycles. The van der Waals surface area contributed by atoms with E-state index < -0.39 is 0 Å². The van der Waals surface area contributed by atoms with Crippen molar-refractivity contribution in [2.75, 3.05) is 24.7 Å². The third kappa shape index (κ3) is 1.75. The van der Waals surface area contributed by atoms with Crippen LogP contribution in [0.5, 0.6) is 0 Å². The standard InChI is InChI=1S/C10H12N2O2/c1-8-2-3-9(11-6-8)12-4-5-14-7-10(12)13/h2-3,6H,4-5,7H2,1H3. The molecule has 0 spiro atoms. The molecule has 1 aromatic rings. The zero-order chi connectivity index (χ0) is 9.97. The Morgan fingerprint density at radius 1 is 1.50 bits per heavy atom. The van der Waals surface area contributed by atoms with Crippen LogP contribution in [0, 0.1) is 6.92 Å². The van der Waals surface area contributed by atoms with E-state index in [1.54, 1.807) is 11.1 Å². The molecular formula is C10H12N2O2. The highest BCUT2D eigenvalue weighted by Crippen LogP contribution is 2.13. The highest BCUT2D eigenvalue weighted by atomic mass is 16.5. The van der Waals surface area contributed by atoms with Crippen LogP contribution < -0.4 is 4.90 Å². The number of carbonyl (C=O) groups is 1. The molecular weight excluding hydrogens is 180 g/mol. The molecule has 1 fully saturated rings. The average Bonchev–Trinajstić information content (AvgIpc) is 2.20. The molecule has 0 radical (unpaired) electrons. The highest BCUT2D eigenvalue weighted by Gasteiger charge is 2.20. The zero-order valence-electron chi connectivity index (χ0n) is 8.06. The van der Waals surface area contributed by atoms with Crippen molar-refractivity contribution in [2.24, 2.45) is 0 Å². The summed E-state index contributed by atoms with van der Waals surface area (Å²) in [7, 11) is 0. The first-order valence-electron chi connectivity index (χ1n) is 4.58. The lowest BCUT2D eigenvalue weighted by molar-refractivity contribution is -0.125. The van der Waals surface area contributed by atoms with Crippen LogP contribution in [0.2, 0.25) is 0 Å². The van der Waals surface area contributed by atoms with E-state index in [-0.39, 0.29) is 12.5 Å². The number of aromatic nitrogens is 1. The van der Waals surface area contributed by atoms with Crippen molar-refractivity contribution in [1.82, 2.24) is 4.98 Å². The third-order valence-electron chi connectivity index (χ3n) is 2.16. The third-order valence-corrected chi connectivity index (χ3v) is 2.16. The molecule has 0 atom stereocenters. The lowest BCUT2D eigenvalue weighted by Crippen LogP contribution is -2.42. The van der Waals surface area contributed by atoms with Gasteiger partial charge in [0.15, 0.2) is 0 Å². The number of aryl methyl sites for hydroxylation is 1. The molecule has 1 aliphatic heterocycles. The van der Waals surface area contributed by atoms with E-state index in [9.17, 15) is 4.79 Å². The van der Waals surface area contributed by atoms with Crippen LogP contribution in [-0.4, -0.2) is 30.6 Å². The number of ether oxygens (including phenoxy) is 1. The Bertz CT molecular complexity index is 334. The molecule has 2 heterocycles. The van der Waals surface area contributed by atoms with E-state index in [0.29, 0.717) is 19.0 Å². The molecule has 2 rings (SSSR count). The van der Waals surface area contributed by atoms with Gasteiger partial charge in [0.2, 0.25) is 0 Å². The molecule has 1 aliphatic rings. The summed E-state index contributed by atoms with van der Waals surface area (Å²) in [5.74, 6) is 0.691. The quantitative estimate of drug-likeness (QED) is 0.659. The van der Waals surface area contributed by atoms with Crippen molar-refractivity contribution >= 4 is 11.7 Å². The van der Waals surface area contributed by atoms with Crippen LogP contribution in [0.15, 0.2) is 18.3 Å². The smallest absolute Gasteiger partial charge is 0.254 e. The second-order valence-electron chi connectivity index (χ2n) is 3.29. The van der Waals surface area contributed by atoms with Gasteiger partial charge in [-0.1, -0.05) is 6.07 Å². The summed E-state index contributed by atoms with van der Waals surface area (Å²) in [5, 5.41) is 0. The fraction of sp³-hybridized carbons (Fsp3) is 0.400. The number of hydrogen-bond acceptors (Lipinski definition) is 3. The molecule has 14 heavy (non-hydrogen) atoms. The van der Waals surface area contributed by atoms with Gasteiger partial charge in [-0.05, 0) is 18.6 Å². The number of hydrogen-bond donors (Lipinski definition) is 0. The van der Waals surface area contributed by atoms with Crippen molar-refractivity contribution in [1.29, 1.82) is 0 Å². The van der Waals surface area contributed by atoms with Crippen LogP contribution in [0.25, 0.3) is 0 Å². The second kappa shape index (κ2) is 3.75. The summed E-state index contributed by atoms with van der Waals surface area (Å²) in [4.78, 5) is 17.3. The molecule has 0 saturated carbocycles. The normalized spacial score (nSPS) is 17.2. The summed E-state index contributed by atoms with van der Waals surface area (Å²) in [6.45, 7) is 3.31. The Hall–Kier alpha value is -1.42. The van der Waals surface area contributed by atoms with Gasteiger partial charge < -0.3 is 4.74 Å². The van der Waals surface area contributed by atoms with Gasteiger partial charge >= 0.3 is 0 Å². The Kier molecular flexibility index (Phi) is 2.45. The minimum absolute atomic E-state index is 0.0207. The molecule has 0 N–H and O–H groups in total. The van der Waals surface area contributed by atoms with Gasteiger partial charge in [0.05, 0.1) is 13.2 Å². The van der Waals surface area contributed by atoms with Gasteiger partial charge in [-0.2, -0.15) is 0 Å². The number of morpholine rings is 1. The number of anilines is 1. The lowest BCUT2D eigenvalue weighted by atomic mass is 10.3. The fourth-order valence-corrected chi connectivity index (χ4v) is 1.38. The van der Waals surface area contributed by atoms with Gasteiger partial charge in [-0.25, -0.2) is 4.98 Å². The summed E-state index contributed by atoms with van der Waals surface area (Å²) < 4.78 is 5.04. The maximum atomic E-state index is 11.4. The van der Waals surface area contributed by atoms with Gasteiger partial charge in [0, 0.05) is 6.20 Å². The number of carbonyl (C=O) groups excluding carboxylic acids is 1. The first-order valence-corrected chi connectivity index (χ1v) is 4.58. The van der Waals surface area contributed by atoms with Crippen molar-refractivity contribution in [2.45, 2.75) is 6.92 Å². The Morgan fingerprint density at radius 3 is 3.00 bits per heavy atom. The van der Waals surface area contributed by atoms with Gasteiger partial charge in [-0.15, -0.1) is 0 Å². The first kappa shape index (κ1) is 9.15.